The fourth-order valence-corrected chi connectivity index (χ4v) is 2.57. The van der Waals surface area contributed by atoms with Crippen molar-refractivity contribution in [1.82, 2.24) is 4.90 Å². The van der Waals surface area contributed by atoms with Gasteiger partial charge in [-0.1, -0.05) is 12.1 Å². The van der Waals surface area contributed by atoms with Crippen LogP contribution in [-0.2, 0) is 18.6 Å². The second-order valence-electron chi connectivity index (χ2n) is 4.28. The quantitative estimate of drug-likeness (QED) is 0.626. The van der Waals surface area contributed by atoms with Crippen molar-refractivity contribution in [2.75, 3.05) is 26.3 Å². The van der Waals surface area contributed by atoms with Gasteiger partial charge in [0.05, 0.1) is 18.1 Å². The third-order valence-electron chi connectivity index (χ3n) is 2.90. The molecule has 0 aliphatic carbocycles. The number of hydrogen-bond acceptors (Lipinski definition) is 4. The maximum absolute atomic E-state index is 11.9. The van der Waals surface area contributed by atoms with E-state index in [2.05, 4.69) is 0 Å². The van der Waals surface area contributed by atoms with Crippen molar-refractivity contribution in [1.29, 1.82) is 0 Å². The first-order chi connectivity index (χ1) is 9.47. The fourth-order valence-electron chi connectivity index (χ4n) is 1.80. The van der Waals surface area contributed by atoms with E-state index in [0.717, 1.165) is 5.56 Å². The molecule has 0 spiro atoms. The number of carbonyl (C=O) groups is 1. The van der Waals surface area contributed by atoms with Crippen LogP contribution in [0.3, 0.4) is 0 Å². The summed E-state index contributed by atoms with van der Waals surface area (Å²) in [4.78, 5) is 13.6. The van der Waals surface area contributed by atoms with Crippen LogP contribution in [0.15, 0.2) is 35.2 Å². The minimum absolute atomic E-state index is 0.0378. The van der Waals surface area contributed by atoms with Gasteiger partial charge < -0.3 is 9.64 Å². The van der Waals surface area contributed by atoms with Gasteiger partial charge >= 0.3 is 0 Å². The first-order valence-corrected chi connectivity index (χ1v) is 8.37. The predicted octanol–water partition coefficient (Wildman–Crippen LogP) is 1.49. The molecule has 1 fully saturated rings. The van der Waals surface area contributed by atoms with E-state index < -0.39 is 9.05 Å². The van der Waals surface area contributed by atoms with Crippen LogP contribution in [0.25, 0.3) is 6.08 Å². The van der Waals surface area contributed by atoms with E-state index in [9.17, 15) is 13.2 Å². The molecule has 0 radical (unpaired) electrons. The monoisotopic (exact) mass is 315 g/mol. The Morgan fingerprint density at radius 2 is 1.80 bits per heavy atom. The average Bonchev–Trinajstić information content (AvgIpc) is 2.45. The lowest BCUT2D eigenvalue weighted by Gasteiger charge is -2.25. The molecule has 1 aliphatic heterocycles. The van der Waals surface area contributed by atoms with Gasteiger partial charge in [0.15, 0.2) is 0 Å². The van der Waals surface area contributed by atoms with Crippen LogP contribution in [0.1, 0.15) is 5.56 Å². The maximum atomic E-state index is 11.9. The highest BCUT2D eigenvalue weighted by molar-refractivity contribution is 8.13. The lowest BCUT2D eigenvalue weighted by atomic mass is 10.2. The largest absolute Gasteiger partial charge is 0.378 e. The van der Waals surface area contributed by atoms with Gasteiger partial charge in [-0.3, -0.25) is 4.79 Å². The topological polar surface area (TPSA) is 63.7 Å². The SMILES string of the molecule is O=C(C=Cc1ccc(S(=O)(=O)Cl)cc1)N1CCOCC1. The number of ether oxygens (including phenoxy) is 1. The lowest BCUT2D eigenvalue weighted by molar-refractivity contribution is -0.129. The second-order valence-corrected chi connectivity index (χ2v) is 6.84. The molecule has 108 valence electrons. The Bertz CT molecular complexity index is 604. The summed E-state index contributed by atoms with van der Waals surface area (Å²) >= 11 is 0. The molecule has 1 amide bonds. The third kappa shape index (κ3) is 4.06. The molecule has 20 heavy (non-hydrogen) atoms. The van der Waals surface area contributed by atoms with Crippen LogP contribution < -0.4 is 0 Å². The van der Waals surface area contributed by atoms with Crippen LogP contribution >= 0.6 is 10.7 Å². The van der Waals surface area contributed by atoms with Gasteiger partial charge in [-0.05, 0) is 23.8 Å². The molecule has 7 heteroatoms. The minimum atomic E-state index is -3.71. The molecule has 0 aromatic heterocycles. The summed E-state index contributed by atoms with van der Waals surface area (Å²) in [6.45, 7) is 2.29. The molecule has 1 heterocycles. The number of carbonyl (C=O) groups excluding carboxylic acids is 1. The molecule has 1 aliphatic rings. The minimum Gasteiger partial charge on any atom is -0.378 e. The van der Waals surface area contributed by atoms with Gasteiger partial charge in [-0.25, -0.2) is 8.42 Å². The zero-order valence-corrected chi connectivity index (χ0v) is 12.2. The molecule has 1 saturated heterocycles. The normalized spacial score (nSPS) is 16.6. The summed E-state index contributed by atoms with van der Waals surface area (Å²) in [7, 11) is 1.51. The maximum Gasteiger partial charge on any atom is 0.261 e. The van der Waals surface area contributed by atoms with E-state index in [1.807, 2.05) is 0 Å². The summed E-state index contributed by atoms with van der Waals surface area (Å²) in [5.74, 6) is -0.0812. The van der Waals surface area contributed by atoms with Crippen LogP contribution in [0.4, 0.5) is 0 Å². The van der Waals surface area contributed by atoms with Gasteiger partial charge in [0, 0.05) is 29.8 Å². The number of nitrogens with zero attached hydrogens (tertiary/aromatic N) is 1. The number of benzene rings is 1. The zero-order chi connectivity index (χ0) is 14.6. The Morgan fingerprint density at radius 1 is 1.20 bits per heavy atom. The molecule has 2 rings (SSSR count). The number of amides is 1. The molecule has 1 aromatic carbocycles. The van der Waals surface area contributed by atoms with Crippen molar-refractivity contribution in [3.63, 3.8) is 0 Å². The highest BCUT2D eigenvalue weighted by Crippen LogP contribution is 2.16. The van der Waals surface area contributed by atoms with Gasteiger partial charge in [0.2, 0.25) is 5.91 Å². The molecule has 0 saturated carbocycles. The first kappa shape index (κ1) is 15.0. The number of rotatable bonds is 3. The molecule has 0 N–H and O–H groups in total. The third-order valence-corrected chi connectivity index (χ3v) is 4.27. The Morgan fingerprint density at radius 3 is 2.35 bits per heavy atom. The highest BCUT2D eigenvalue weighted by atomic mass is 35.7. The second kappa shape index (κ2) is 6.39. The predicted molar refractivity (Wildman–Crippen MR) is 75.9 cm³/mol. The van der Waals surface area contributed by atoms with Crippen molar-refractivity contribution < 1.29 is 17.9 Å². The summed E-state index contributed by atoms with van der Waals surface area (Å²) in [6.07, 6.45) is 3.11. The van der Waals surface area contributed by atoms with Crippen molar-refractivity contribution in [3.05, 3.63) is 35.9 Å². The summed E-state index contributed by atoms with van der Waals surface area (Å²) < 4.78 is 27.4. The standard InChI is InChI=1S/C13H14ClNO4S/c14-20(17,18)12-4-1-11(2-5-12)3-6-13(16)15-7-9-19-10-8-15/h1-6H,7-10H2. The molecule has 5 nitrogen and oxygen atoms in total. The van der Waals surface area contributed by atoms with E-state index in [4.69, 9.17) is 15.4 Å². The van der Waals surface area contributed by atoms with E-state index in [1.54, 1.807) is 23.1 Å². The van der Waals surface area contributed by atoms with E-state index >= 15 is 0 Å². The van der Waals surface area contributed by atoms with Gasteiger partial charge in [-0.2, -0.15) is 0 Å². The molecule has 0 atom stereocenters. The van der Waals surface area contributed by atoms with Crippen molar-refractivity contribution in [3.8, 4) is 0 Å². The average molecular weight is 316 g/mol. The van der Waals surface area contributed by atoms with Crippen molar-refractivity contribution in [2.24, 2.45) is 0 Å². The molecule has 1 aromatic rings. The zero-order valence-electron chi connectivity index (χ0n) is 10.7. The van der Waals surface area contributed by atoms with E-state index in [1.165, 1.54) is 18.2 Å². The van der Waals surface area contributed by atoms with Gasteiger partial charge in [0.25, 0.3) is 9.05 Å². The van der Waals surface area contributed by atoms with Crippen LogP contribution in [0, 0.1) is 0 Å². The Labute approximate surface area is 122 Å². The smallest absolute Gasteiger partial charge is 0.261 e. The van der Waals surface area contributed by atoms with Crippen LogP contribution in [-0.4, -0.2) is 45.5 Å². The summed E-state index contributed by atoms with van der Waals surface area (Å²) in [5, 5.41) is 0. The van der Waals surface area contributed by atoms with Crippen molar-refractivity contribution >= 4 is 31.7 Å². The molecular weight excluding hydrogens is 302 g/mol. The van der Waals surface area contributed by atoms with Crippen LogP contribution in [0.2, 0.25) is 0 Å². The lowest BCUT2D eigenvalue weighted by Crippen LogP contribution is -2.39. The van der Waals surface area contributed by atoms with Gasteiger partial charge in [-0.15, -0.1) is 0 Å². The van der Waals surface area contributed by atoms with E-state index in [-0.39, 0.29) is 10.8 Å². The molecule has 0 unspecified atom stereocenters. The Balaban J connectivity index is 2.02. The fraction of sp³-hybridized carbons (Fsp3) is 0.308. The van der Waals surface area contributed by atoms with Gasteiger partial charge in [0.1, 0.15) is 0 Å². The number of hydrogen-bond donors (Lipinski definition) is 0. The summed E-state index contributed by atoms with van der Waals surface area (Å²) in [5.41, 5.74) is 0.732. The number of morpholine rings is 1. The van der Waals surface area contributed by atoms with Crippen LogP contribution in [0.5, 0.6) is 0 Å². The number of halogens is 1. The Kier molecular flexibility index (Phi) is 4.80. The van der Waals surface area contributed by atoms with E-state index in [0.29, 0.717) is 26.3 Å². The first-order valence-electron chi connectivity index (χ1n) is 6.06. The molecule has 0 bridgehead atoms. The molecular formula is C13H14ClNO4S. The van der Waals surface area contributed by atoms with Crippen molar-refractivity contribution in [2.45, 2.75) is 4.90 Å². The summed E-state index contributed by atoms with van der Waals surface area (Å²) in [6, 6.07) is 6.00. The Hall–Kier alpha value is -1.37. The highest BCUT2D eigenvalue weighted by Gasteiger charge is 2.14.